The largest absolute Gasteiger partial charge is 0.493 e. The number of ether oxygens (including phenoxy) is 2. The third-order valence-electron chi connectivity index (χ3n) is 5.73. The van der Waals surface area contributed by atoms with E-state index in [1.54, 1.807) is 12.6 Å². The van der Waals surface area contributed by atoms with Crippen LogP contribution < -0.4 is 15.0 Å². The maximum Gasteiger partial charge on any atom is 0.257 e. The Bertz CT molecular complexity index is 708. The molecular formula is C20H28ClN3O4. The van der Waals surface area contributed by atoms with Crippen LogP contribution in [0.5, 0.6) is 11.5 Å². The molecule has 0 aromatic heterocycles. The number of nitrogens with zero attached hydrogens (tertiary/aromatic N) is 2. The van der Waals surface area contributed by atoms with Crippen molar-refractivity contribution in [3.05, 3.63) is 23.8 Å². The standard InChI is InChI=1S/C20H27N3O4.ClH/c1-26-17-7-6-15(12-18(17)27-16-4-2-3-5-16)20(14-21)8-10-23(11-9-20)13-19(24)22-25;/h6-7,12,16,25H,2-5,8-11,13H2,1H3,(H,22,24);1H. The first-order valence-electron chi connectivity index (χ1n) is 9.52. The summed E-state index contributed by atoms with van der Waals surface area (Å²) in [6, 6.07) is 8.29. The molecule has 0 radical (unpaired) electrons. The third kappa shape index (κ3) is 4.88. The molecule has 1 amide bonds. The van der Waals surface area contributed by atoms with Crippen molar-refractivity contribution in [3.63, 3.8) is 0 Å². The first kappa shape index (κ1) is 22.3. The molecule has 2 N–H and O–H groups in total. The van der Waals surface area contributed by atoms with Gasteiger partial charge < -0.3 is 9.47 Å². The summed E-state index contributed by atoms with van der Waals surface area (Å²) >= 11 is 0. The molecule has 1 saturated heterocycles. The van der Waals surface area contributed by atoms with Gasteiger partial charge in [0.2, 0.25) is 0 Å². The van der Waals surface area contributed by atoms with Gasteiger partial charge in [0, 0.05) is 13.1 Å². The monoisotopic (exact) mass is 409 g/mol. The first-order chi connectivity index (χ1) is 13.1. The second-order valence-corrected chi connectivity index (χ2v) is 7.39. The highest BCUT2D eigenvalue weighted by molar-refractivity contribution is 5.85. The van der Waals surface area contributed by atoms with E-state index in [4.69, 9.17) is 14.7 Å². The molecule has 0 unspecified atom stereocenters. The summed E-state index contributed by atoms with van der Waals surface area (Å²) in [5.74, 6) is 0.963. The number of amides is 1. The number of nitrogens with one attached hydrogen (secondary N) is 1. The zero-order valence-corrected chi connectivity index (χ0v) is 17.0. The van der Waals surface area contributed by atoms with Crippen molar-refractivity contribution in [3.8, 4) is 17.6 Å². The molecule has 28 heavy (non-hydrogen) atoms. The van der Waals surface area contributed by atoms with Gasteiger partial charge in [-0.15, -0.1) is 12.4 Å². The number of likely N-dealkylation sites (tertiary alicyclic amines) is 1. The molecule has 1 aromatic carbocycles. The zero-order valence-electron chi connectivity index (χ0n) is 16.1. The Morgan fingerprint density at radius 3 is 2.57 bits per heavy atom. The molecule has 0 atom stereocenters. The molecule has 1 heterocycles. The van der Waals surface area contributed by atoms with Crippen molar-refractivity contribution in [1.29, 1.82) is 5.26 Å². The van der Waals surface area contributed by atoms with Crippen LogP contribution in [0.4, 0.5) is 0 Å². The van der Waals surface area contributed by atoms with Gasteiger partial charge in [-0.2, -0.15) is 5.26 Å². The highest BCUT2D eigenvalue weighted by atomic mass is 35.5. The van der Waals surface area contributed by atoms with Gasteiger partial charge in [0.05, 0.1) is 31.2 Å². The number of hydrogen-bond donors (Lipinski definition) is 2. The van der Waals surface area contributed by atoms with E-state index < -0.39 is 11.3 Å². The van der Waals surface area contributed by atoms with Crippen LogP contribution in [-0.2, 0) is 10.2 Å². The first-order valence-corrected chi connectivity index (χ1v) is 9.52. The van der Waals surface area contributed by atoms with E-state index in [-0.39, 0.29) is 25.1 Å². The number of carbonyl (C=O) groups is 1. The van der Waals surface area contributed by atoms with Crippen molar-refractivity contribution < 1.29 is 19.5 Å². The molecule has 1 aliphatic carbocycles. The Morgan fingerprint density at radius 2 is 2.00 bits per heavy atom. The number of benzene rings is 1. The molecule has 154 valence electrons. The SMILES string of the molecule is COc1ccc(C2(C#N)CCN(CC(=O)NO)CC2)cc1OC1CCCC1.Cl. The minimum absolute atomic E-state index is 0. The van der Waals surface area contributed by atoms with Crippen molar-refractivity contribution in [2.45, 2.75) is 50.0 Å². The van der Waals surface area contributed by atoms with E-state index in [9.17, 15) is 10.1 Å². The molecule has 8 heteroatoms. The van der Waals surface area contributed by atoms with Crippen molar-refractivity contribution in [2.75, 3.05) is 26.7 Å². The second-order valence-electron chi connectivity index (χ2n) is 7.39. The highest BCUT2D eigenvalue weighted by Crippen LogP contribution is 2.40. The Balaban J connectivity index is 0.00000280. The lowest BCUT2D eigenvalue weighted by Gasteiger charge is -2.37. The van der Waals surface area contributed by atoms with Crippen LogP contribution in [0.15, 0.2) is 18.2 Å². The smallest absolute Gasteiger partial charge is 0.257 e. The fourth-order valence-electron chi connectivity index (χ4n) is 4.05. The maximum absolute atomic E-state index is 11.4. The minimum Gasteiger partial charge on any atom is -0.493 e. The Morgan fingerprint density at radius 1 is 1.32 bits per heavy atom. The summed E-state index contributed by atoms with van der Waals surface area (Å²) in [4.78, 5) is 13.3. The average Bonchev–Trinajstić information content (AvgIpc) is 3.21. The molecule has 1 aromatic rings. The van der Waals surface area contributed by atoms with Gasteiger partial charge in [-0.05, 0) is 56.2 Å². The molecule has 0 bridgehead atoms. The van der Waals surface area contributed by atoms with Gasteiger partial charge in [0.1, 0.15) is 0 Å². The quantitative estimate of drug-likeness (QED) is 0.554. The Labute approximate surface area is 172 Å². The highest BCUT2D eigenvalue weighted by Gasteiger charge is 2.37. The number of carbonyl (C=O) groups excluding carboxylic acids is 1. The van der Waals surface area contributed by atoms with Crippen LogP contribution in [0.3, 0.4) is 0 Å². The van der Waals surface area contributed by atoms with Crippen molar-refractivity contribution >= 4 is 18.3 Å². The average molecular weight is 410 g/mol. The predicted molar refractivity (Wildman–Crippen MR) is 106 cm³/mol. The predicted octanol–water partition coefficient (Wildman–Crippen LogP) is 2.80. The summed E-state index contributed by atoms with van der Waals surface area (Å²) in [6.07, 6.45) is 5.94. The van der Waals surface area contributed by atoms with E-state index in [0.29, 0.717) is 37.4 Å². The van der Waals surface area contributed by atoms with Crippen LogP contribution in [0.1, 0.15) is 44.1 Å². The fourth-order valence-corrected chi connectivity index (χ4v) is 4.05. The number of hydroxylamine groups is 1. The Kier molecular flexibility index (Phi) is 7.93. The van der Waals surface area contributed by atoms with Gasteiger partial charge in [-0.25, -0.2) is 5.48 Å². The number of hydrogen-bond acceptors (Lipinski definition) is 6. The minimum atomic E-state index is -0.605. The van der Waals surface area contributed by atoms with Crippen LogP contribution in [0.2, 0.25) is 0 Å². The van der Waals surface area contributed by atoms with E-state index in [1.165, 1.54) is 12.8 Å². The lowest BCUT2D eigenvalue weighted by atomic mass is 9.74. The summed E-state index contributed by atoms with van der Waals surface area (Å²) < 4.78 is 11.6. The molecule has 0 spiro atoms. The van der Waals surface area contributed by atoms with E-state index in [1.807, 2.05) is 23.1 Å². The van der Waals surface area contributed by atoms with Gasteiger partial charge in [0.25, 0.3) is 5.91 Å². The normalized spacial score (nSPS) is 19.3. The van der Waals surface area contributed by atoms with Gasteiger partial charge in [-0.1, -0.05) is 6.07 Å². The van der Waals surface area contributed by atoms with Gasteiger partial charge >= 0.3 is 0 Å². The van der Waals surface area contributed by atoms with Crippen LogP contribution >= 0.6 is 12.4 Å². The van der Waals surface area contributed by atoms with Crippen molar-refractivity contribution in [1.82, 2.24) is 10.4 Å². The number of rotatable bonds is 6. The Hall–Kier alpha value is -2.01. The molecule has 1 aliphatic heterocycles. The molecule has 3 rings (SSSR count). The van der Waals surface area contributed by atoms with E-state index in [2.05, 4.69) is 6.07 Å². The topological polar surface area (TPSA) is 94.8 Å². The van der Waals surface area contributed by atoms with Crippen LogP contribution in [0, 0.1) is 11.3 Å². The van der Waals surface area contributed by atoms with Crippen molar-refractivity contribution in [2.24, 2.45) is 0 Å². The second kappa shape index (κ2) is 9.97. The number of piperidine rings is 1. The summed E-state index contributed by atoms with van der Waals surface area (Å²) in [5.41, 5.74) is 1.99. The fraction of sp³-hybridized carbons (Fsp3) is 0.600. The lowest BCUT2D eigenvalue weighted by molar-refractivity contribution is -0.130. The number of halogens is 1. The molecule has 2 fully saturated rings. The van der Waals surface area contributed by atoms with E-state index in [0.717, 1.165) is 18.4 Å². The summed E-state index contributed by atoms with van der Waals surface area (Å²) in [7, 11) is 1.63. The molecule has 2 aliphatic rings. The molecule has 7 nitrogen and oxygen atoms in total. The lowest BCUT2D eigenvalue weighted by Crippen LogP contribution is -2.45. The summed E-state index contributed by atoms with van der Waals surface area (Å²) in [6.45, 7) is 1.37. The third-order valence-corrected chi connectivity index (χ3v) is 5.73. The van der Waals surface area contributed by atoms with Gasteiger partial charge in [0.15, 0.2) is 11.5 Å². The zero-order chi connectivity index (χ0) is 19.3. The summed E-state index contributed by atoms with van der Waals surface area (Å²) in [5, 5.41) is 18.6. The van der Waals surface area contributed by atoms with Gasteiger partial charge in [-0.3, -0.25) is 14.9 Å². The molecule has 1 saturated carbocycles. The molecular weight excluding hydrogens is 382 g/mol. The number of nitriles is 1. The number of methoxy groups -OCH3 is 1. The maximum atomic E-state index is 11.4. The van der Waals surface area contributed by atoms with Crippen LogP contribution in [-0.4, -0.2) is 48.9 Å². The van der Waals surface area contributed by atoms with E-state index >= 15 is 0 Å². The van der Waals surface area contributed by atoms with Crippen LogP contribution in [0.25, 0.3) is 0 Å².